The molecule has 24 heavy (non-hydrogen) atoms. The van der Waals surface area contributed by atoms with Gasteiger partial charge in [0.2, 0.25) is 5.91 Å². The molecule has 2 rings (SSSR count). The van der Waals surface area contributed by atoms with Crippen molar-refractivity contribution in [3.63, 3.8) is 0 Å². The molecule has 0 bridgehead atoms. The summed E-state index contributed by atoms with van der Waals surface area (Å²) in [7, 11) is 0. The van der Waals surface area contributed by atoms with Crippen molar-refractivity contribution < 1.29 is 9.59 Å². The van der Waals surface area contributed by atoms with E-state index in [-0.39, 0.29) is 28.7 Å². The number of nitrogens with one attached hydrogen (secondary N) is 1. The molecule has 1 aromatic carbocycles. The second-order valence-electron chi connectivity index (χ2n) is 6.58. The Morgan fingerprint density at radius 1 is 1.17 bits per heavy atom. The molecular formula is C18H23N3O2S. The SMILES string of the molecule is Cc1cc(NC(=O)CSCC(=O)c2ccccc2)n(C(C)(C)C)n1. The van der Waals surface area contributed by atoms with E-state index < -0.39 is 0 Å². The number of aryl methyl sites for hydroxylation is 1. The lowest BCUT2D eigenvalue weighted by atomic mass is 10.1. The van der Waals surface area contributed by atoms with Gasteiger partial charge in [-0.15, -0.1) is 11.8 Å². The van der Waals surface area contributed by atoms with Crippen LogP contribution in [0.25, 0.3) is 0 Å². The van der Waals surface area contributed by atoms with Crippen LogP contribution in [0.15, 0.2) is 36.4 Å². The molecule has 0 saturated carbocycles. The Hall–Kier alpha value is -2.08. The Kier molecular flexibility index (Phi) is 5.83. The topological polar surface area (TPSA) is 64.0 Å². The van der Waals surface area contributed by atoms with Crippen molar-refractivity contribution in [3.8, 4) is 0 Å². The third-order valence-electron chi connectivity index (χ3n) is 3.30. The van der Waals surface area contributed by atoms with E-state index in [9.17, 15) is 9.59 Å². The van der Waals surface area contributed by atoms with Crippen LogP contribution >= 0.6 is 11.8 Å². The molecule has 128 valence electrons. The minimum absolute atomic E-state index is 0.0315. The van der Waals surface area contributed by atoms with Gasteiger partial charge in [-0.2, -0.15) is 5.10 Å². The van der Waals surface area contributed by atoms with Crippen LogP contribution in [0.3, 0.4) is 0 Å². The minimum Gasteiger partial charge on any atom is -0.310 e. The van der Waals surface area contributed by atoms with Gasteiger partial charge >= 0.3 is 0 Å². The van der Waals surface area contributed by atoms with Gasteiger partial charge in [0.05, 0.1) is 22.7 Å². The maximum absolute atomic E-state index is 12.1. The van der Waals surface area contributed by atoms with Crippen LogP contribution < -0.4 is 5.32 Å². The van der Waals surface area contributed by atoms with Crippen molar-refractivity contribution in [2.75, 3.05) is 16.8 Å². The van der Waals surface area contributed by atoms with Crippen molar-refractivity contribution in [2.24, 2.45) is 0 Å². The van der Waals surface area contributed by atoms with E-state index in [0.717, 1.165) is 5.69 Å². The highest BCUT2D eigenvalue weighted by Crippen LogP contribution is 2.21. The number of Topliss-reactive ketones (excluding diaryl/α,β-unsaturated/α-hetero) is 1. The quantitative estimate of drug-likeness (QED) is 0.814. The zero-order chi connectivity index (χ0) is 17.7. The molecule has 0 aliphatic carbocycles. The first kappa shape index (κ1) is 18.3. The predicted molar refractivity (Wildman–Crippen MR) is 98.7 cm³/mol. The molecule has 0 atom stereocenters. The summed E-state index contributed by atoms with van der Waals surface area (Å²) in [5, 5.41) is 7.30. The van der Waals surface area contributed by atoms with Gasteiger partial charge < -0.3 is 5.32 Å². The largest absolute Gasteiger partial charge is 0.310 e. The molecule has 0 radical (unpaired) electrons. The standard InChI is InChI=1S/C18H23N3O2S/c1-13-10-16(21(20-13)18(2,3)4)19-17(23)12-24-11-15(22)14-8-6-5-7-9-14/h5-10H,11-12H2,1-4H3,(H,19,23). The van der Waals surface area contributed by atoms with E-state index in [2.05, 4.69) is 10.4 Å². The van der Waals surface area contributed by atoms with Crippen LogP contribution in [-0.2, 0) is 10.3 Å². The molecule has 0 unspecified atom stereocenters. The number of amides is 1. The molecule has 0 aliphatic rings. The van der Waals surface area contributed by atoms with Gasteiger partial charge in [0.1, 0.15) is 5.82 Å². The summed E-state index contributed by atoms with van der Waals surface area (Å²) < 4.78 is 1.81. The molecule has 5 nitrogen and oxygen atoms in total. The zero-order valence-electron chi connectivity index (χ0n) is 14.5. The first-order chi connectivity index (χ1) is 11.3. The van der Waals surface area contributed by atoms with Crippen LogP contribution in [0.4, 0.5) is 5.82 Å². The van der Waals surface area contributed by atoms with E-state index in [0.29, 0.717) is 11.4 Å². The second kappa shape index (κ2) is 7.66. The minimum atomic E-state index is -0.215. The van der Waals surface area contributed by atoms with E-state index in [1.54, 1.807) is 16.8 Å². The highest BCUT2D eigenvalue weighted by molar-refractivity contribution is 8.00. The summed E-state index contributed by atoms with van der Waals surface area (Å²) >= 11 is 1.31. The van der Waals surface area contributed by atoms with Gasteiger partial charge in [0.15, 0.2) is 5.78 Å². The van der Waals surface area contributed by atoms with E-state index in [4.69, 9.17) is 0 Å². The van der Waals surface area contributed by atoms with E-state index in [1.807, 2.05) is 52.0 Å². The normalized spacial score (nSPS) is 11.3. The maximum Gasteiger partial charge on any atom is 0.235 e. The first-order valence-corrected chi connectivity index (χ1v) is 8.96. The summed E-state index contributed by atoms with van der Waals surface area (Å²) in [5.41, 5.74) is 1.31. The molecule has 1 heterocycles. The second-order valence-corrected chi connectivity index (χ2v) is 7.57. The van der Waals surface area contributed by atoms with Gasteiger partial charge in [-0.3, -0.25) is 9.59 Å². The van der Waals surface area contributed by atoms with Crippen molar-refractivity contribution in [1.82, 2.24) is 9.78 Å². The summed E-state index contributed by atoms with van der Waals surface area (Å²) in [6, 6.07) is 11.0. The highest BCUT2D eigenvalue weighted by Gasteiger charge is 2.20. The fourth-order valence-electron chi connectivity index (χ4n) is 2.22. The number of benzene rings is 1. The van der Waals surface area contributed by atoms with E-state index in [1.165, 1.54) is 11.8 Å². The number of anilines is 1. The van der Waals surface area contributed by atoms with Crippen molar-refractivity contribution in [3.05, 3.63) is 47.7 Å². The molecule has 0 saturated heterocycles. The number of ketones is 1. The Morgan fingerprint density at radius 2 is 1.83 bits per heavy atom. The smallest absolute Gasteiger partial charge is 0.235 e. The van der Waals surface area contributed by atoms with Crippen LogP contribution in [-0.4, -0.2) is 33.0 Å². The van der Waals surface area contributed by atoms with Crippen molar-refractivity contribution >= 4 is 29.3 Å². The van der Waals surface area contributed by atoms with Crippen LogP contribution in [0.2, 0.25) is 0 Å². The Morgan fingerprint density at radius 3 is 2.46 bits per heavy atom. The average Bonchev–Trinajstić information content (AvgIpc) is 2.88. The molecule has 1 amide bonds. The molecule has 0 spiro atoms. The molecule has 0 fully saturated rings. The van der Waals surface area contributed by atoms with Gasteiger partial charge in [0.25, 0.3) is 0 Å². The lowest BCUT2D eigenvalue weighted by Gasteiger charge is -2.22. The van der Waals surface area contributed by atoms with Gasteiger partial charge in [-0.05, 0) is 27.7 Å². The average molecular weight is 345 g/mol. The first-order valence-electron chi connectivity index (χ1n) is 7.80. The molecule has 1 N–H and O–H groups in total. The number of carbonyl (C=O) groups excluding carboxylic acids is 2. The summed E-state index contributed by atoms with van der Waals surface area (Å²) in [4.78, 5) is 24.1. The van der Waals surface area contributed by atoms with E-state index >= 15 is 0 Å². The number of nitrogens with zero attached hydrogens (tertiary/aromatic N) is 2. The Bertz CT molecular complexity index is 718. The molecule has 6 heteroatoms. The number of aromatic nitrogens is 2. The lowest BCUT2D eigenvalue weighted by Crippen LogP contribution is -2.27. The summed E-state index contributed by atoms with van der Waals surface area (Å²) in [5.74, 6) is 1.09. The molecule has 1 aromatic heterocycles. The lowest BCUT2D eigenvalue weighted by molar-refractivity contribution is -0.113. The number of rotatable bonds is 6. The van der Waals surface area contributed by atoms with Crippen molar-refractivity contribution in [1.29, 1.82) is 0 Å². The predicted octanol–water partition coefficient (Wildman–Crippen LogP) is 3.50. The number of hydrogen-bond acceptors (Lipinski definition) is 4. The molecular weight excluding hydrogens is 322 g/mol. The highest BCUT2D eigenvalue weighted by atomic mass is 32.2. The fraction of sp³-hybridized carbons (Fsp3) is 0.389. The number of carbonyl (C=O) groups is 2. The van der Waals surface area contributed by atoms with Crippen LogP contribution in [0.5, 0.6) is 0 Å². The van der Waals surface area contributed by atoms with Gasteiger partial charge in [-0.25, -0.2) is 4.68 Å². The number of thioether (sulfide) groups is 1. The van der Waals surface area contributed by atoms with Crippen molar-refractivity contribution in [2.45, 2.75) is 33.2 Å². The number of hydrogen-bond donors (Lipinski definition) is 1. The Labute approximate surface area is 146 Å². The Balaban J connectivity index is 1.87. The molecule has 0 aliphatic heterocycles. The van der Waals surface area contributed by atoms with Gasteiger partial charge in [0, 0.05) is 11.6 Å². The third kappa shape index (κ3) is 4.96. The fourth-order valence-corrected chi connectivity index (χ4v) is 2.93. The maximum atomic E-state index is 12.1. The monoisotopic (exact) mass is 345 g/mol. The zero-order valence-corrected chi connectivity index (χ0v) is 15.3. The summed E-state index contributed by atoms with van der Waals surface area (Å²) in [6.07, 6.45) is 0. The van der Waals surface area contributed by atoms with Crippen LogP contribution in [0, 0.1) is 6.92 Å². The van der Waals surface area contributed by atoms with Crippen LogP contribution in [0.1, 0.15) is 36.8 Å². The summed E-state index contributed by atoms with van der Waals surface area (Å²) in [6.45, 7) is 7.98. The van der Waals surface area contributed by atoms with Gasteiger partial charge in [-0.1, -0.05) is 30.3 Å². The third-order valence-corrected chi connectivity index (χ3v) is 4.23. The molecule has 2 aromatic rings.